The molecule has 1 saturated carbocycles. The molecule has 2 aliphatic rings. The van der Waals surface area contributed by atoms with Crippen molar-refractivity contribution < 1.29 is 14.3 Å². The number of hydrogen-bond donors (Lipinski definition) is 2. The number of likely N-dealkylation sites (N-methyl/N-ethyl adjacent to an activating group) is 1. The van der Waals surface area contributed by atoms with Crippen molar-refractivity contribution in [1.29, 1.82) is 0 Å². The number of amides is 2. The topological polar surface area (TPSA) is 62.8 Å². The van der Waals surface area contributed by atoms with Crippen molar-refractivity contribution in [2.75, 3.05) is 27.8 Å². The highest BCUT2D eigenvalue weighted by atomic mass is 35.5. The lowest BCUT2D eigenvalue weighted by atomic mass is 9.65. The third kappa shape index (κ3) is 4.88. The van der Waals surface area contributed by atoms with Gasteiger partial charge < -0.3 is 25.0 Å². The van der Waals surface area contributed by atoms with Crippen molar-refractivity contribution in [1.82, 2.24) is 15.5 Å². The Morgan fingerprint density at radius 2 is 1.91 bits per heavy atom. The first-order valence-electron chi connectivity index (χ1n) is 11.3. The van der Waals surface area contributed by atoms with E-state index in [1.54, 1.807) is 26.4 Å². The van der Waals surface area contributed by atoms with Gasteiger partial charge in [-0.3, -0.25) is 0 Å². The number of nitrogens with zero attached hydrogens (tertiary/aromatic N) is 1. The number of carbonyl (C=O) groups is 1. The number of ether oxygens (including phenoxy) is 2. The second kappa shape index (κ2) is 10.00. The van der Waals surface area contributed by atoms with Gasteiger partial charge >= 0.3 is 6.03 Å². The average molecular weight is 492 g/mol. The normalized spacial score (nSPS) is 24.8. The summed E-state index contributed by atoms with van der Waals surface area (Å²) in [7, 11) is 5.51. The van der Waals surface area contributed by atoms with E-state index >= 15 is 0 Å². The zero-order chi connectivity index (χ0) is 23.6. The predicted molar refractivity (Wildman–Crippen MR) is 132 cm³/mol. The smallest absolute Gasteiger partial charge is 0.315 e. The van der Waals surface area contributed by atoms with Gasteiger partial charge in [-0.1, -0.05) is 35.3 Å². The molecule has 2 aromatic carbocycles. The molecule has 3 atom stereocenters. The highest BCUT2D eigenvalue weighted by Gasteiger charge is 2.50. The van der Waals surface area contributed by atoms with Gasteiger partial charge in [0.1, 0.15) is 0 Å². The molecule has 33 heavy (non-hydrogen) atoms. The maximum atomic E-state index is 12.6. The van der Waals surface area contributed by atoms with Gasteiger partial charge in [0.15, 0.2) is 11.5 Å². The molecular formula is C25H31Cl2N3O3. The van der Waals surface area contributed by atoms with Gasteiger partial charge in [-0.05, 0) is 74.7 Å². The molecule has 4 rings (SSSR count). The van der Waals surface area contributed by atoms with E-state index in [4.69, 9.17) is 32.7 Å². The quantitative estimate of drug-likeness (QED) is 0.596. The number of urea groups is 1. The Morgan fingerprint density at radius 3 is 2.64 bits per heavy atom. The van der Waals surface area contributed by atoms with E-state index in [2.05, 4.69) is 34.7 Å². The zero-order valence-corrected chi connectivity index (χ0v) is 20.8. The van der Waals surface area contributed by atoms with Crippen molar-refractivity contribution in [2.45, 2.75) is 49.7 Å². The summed E-state index contributed by atoms with van der Waals surface area (Å²) in [6.45, 7) is 1.39. The van der Waals surface area contributed by atoms with Gasteiger partial charge in [-0.25, -0.2) is 4.79 Å². The molecular weight excluding hydrogens is 461 g/mol. The van der Waals surface area contributed by atoms with E-state index in [0.29, 0.717) is 22.6 Å². The Kier molecular flexibility index (Phi) is 7.27. The number of likely N-dealkylation sites (tertiary alicyclic amines) is 1. The number of hydrogen-bond acceptors (Lipinski definition) is 4. The molecule has 0 spiro atoms. The Bertz CT molecular complexity index is 1020. The van der Waals surface area contributed by atoms with Crippen molar-refractivity contribution >= 4 is 29.2 Å². The maximum Gasteiger partial charge on any atom is 0.315 e. The summed E-state index contributed by atoms with van der Waals surface area (Å²) < 4.78 is 11.0. The molecule has 1 aliphatic carbocycles. The lowest BCUT2D eigenvalue weighted by Crippen LogP contribution is -2.53. The van der Waals surface area contributed by atoms with E-state index < -0.39 is 0 Å². The van der Waals surface area contributed by atoms with E-state index in [1.807, 2.05) is 12.1 Å². The molecule has 2 N–H and O–H groups in total. The molecule has 1 aliphatic heterocycles. The molecule has 178 valence electrons. The number of rotatable bonds is 6. The second-order valence-corrected chi connectivity index (χ2v) is 9.85. The summed E-state index contributed by atoms with van der Waals surface area (Å²) in [5, 5.41) is 7.22. The van der Waals surface area contributed by atoms with Crippen molar-refractivity contribution in [3.05, 3.63) is 57.6 Å². The molecule has 8 heteroatoms. The van der Waals surface area contributed by atoms with E-state index in [0.717, 1.165) is 49.3 Å². The summed E-state index contributed by atoms with van der Waals surface area (Å²) in [4.78, 5) is 15.0. The summed E-state index contributed by atoms with van der Waals surface area (Å²) in [5.74, 6) is 1.51. The Balaban J connectivity index is 1.42. The molecule has 0 unspecified atom stereocenters. The fourth-order valence-electron chi connectivity index (χ4n) is 5.47. The minimum absolute atomic E-state index is 0.0553. The summed E-state index contributed by atoms with van der Waals surface area (Å²) in [5.41, 5.74) is 2.18. The van der Waals surface area contributed by atoms with Crippen LogP contribution < -0.4 is 20.1 Å². The van der Waals surface area contributed by atoms with Gasteiger partial charge in [0.05, 0.1) is 14.2 Å². The van der Waals surface area contributed by atoms with Crippen LogP contribution >= 0.6 is 23.2 Å². The van der Waals surface area contributed by atoms with Crippen LogP contribution in [0.15, 0.2) is 36.4 Å². The molecule has 0 aromatic heterocycles. The largest absolute Gasteiger partial charge is 0.493 e. The van der Waals surface area contributed by atoms with E-state index in [-0.39, 0.29) is 17.5 Å². The zero-order valence-electron chi connectivity index (χ0n) is 19.3. The first kappa shape index (κ1) is 24.0. The van der Waals surface area contributed by atoms with Crippen LogP contribution in [0.3, 0.4) is 0 Å². The first-order chi connectivity index (χ1) is 15.9. The summed E-state index contributed by atoms with van der Waals surface area (Å²) in [6.07, 6.45) is 3.93. The fourth-order valence-corrected chi connectivity index (χ4v) is 5.95. The average Bonchev–Trinajstić information content (AvgIpc) is 3.15. The maximum absolute atomic E-state index is 12.6. The van der Waals surface area contributed by atoms with Crippen molar-refractivity contribution in [3.63, 3.8) is 0 Å². The van der Waals surface area contributed by atoms with Gasteiger partial charge in [0.25, 0.3) is 0 Å². The first-order valence-corrected chi connectivity index (χ1v) is 12.0. The molecule has 2 fully saturated rings. The van der Waals surface area contributed by atoms with E-state index in [1.165, 1.54) is 5.56 Å². The second-order valence-electron chi connectivity index (χ2n) is 9.01. The monoisotopic (exact) mass is 491 g/mol. The van der Waals surface area contributed by atoms with Crippen LogP contribution in [0.4, 0.5) is 4.79 Å². The Morgan fingerprint density at radius 1 is 1.12 bits per heavy atom. The third-order valence-electron chi connectivity index (χ3n) is 7.28. The van der Waals surface area contributed by atoms with Gasteiger partial charge in [0, 0.05) is 34.1 Å². The van der Waals surface area contributed by atoms with Gasteiger partial charge in [0.2, 0.25) is 0 Å². The third-order valence-corrected chi connectivity index (χ3v) is 7.86. The van der Waals surface area contributed by atoms with Crippen molar-refractivity contribution in [3.8, 4) is 11.5 Å². The minimum Gasteiger partial charge on any atom is -0.493 e. The lowest BCUT2D eigenvalue weighted by Gasteiger charge is -2.45. The number of halogens is 2. The lowest BCUT2D eigenvalue weighted by molar-refractivity contribution is 0.154. The van der Waals surface area contributed by atoms with Crippen LogP contribution in [0.1, 0.15) is 36.8 Å². The summed E-state index contributed by atoms with van der Waals surface area (Å²) >= 11 is 12.2. The minimum atomic E-state index is -0.176. The predicted octanol–water partition coefficient (Wildman–Crippen LogP) is 5.00. The van der Waals surface area contributed by atoms with Crippen LogP contribution in [0.25, 0.3) is 0 Å². The number of fused-ring (bicyclic) bond motifs is 1. The van der Waals surface area contributed by atoms with Crippen LogP contribution in [0.5, 0.6) is 11.5 Å². The highest BCUT2D eigenvalue weighted by molar-refractivity contribution is 6.35. The van der Waals surface area contributed by atoms with Gasteiger partial charge in [-0.15, -0.1) is 0 Å². The molecule has 1 saturated heterocycles. The van der Waals surface area contributed by atoms with Crippen LogP contribution in [-0.2, 0) is 12.0 Å². The molecule has 6 nitrogen and oxygen atoms in total. The standard InChI is InChI=1S/C25H31Cl2N3O3/c1-30-11-10-25(17-5-7-21(32-2)22(12-17)33-3)9-8-19(14-23(25)30)29-24(31)28-15-16-4-6-18(26)13-20(16)27/h4-7,12-13,19,23H,8-11,14-15H2,1-3H3,(H2,28,29,31)/t19-,23+,25-/m0/s1. The molecule has 0 bridgehead atoms. The number of carbonyl (C=O) groups excluding carboxylic acids is 1. The van der Waals surface area contributed by atoms with Crippen molar-refractivity contribution in [2.24, 2.45) is 0 Å². The molecule has 2 amide bonds. The fraction of sp³-hybridized carbons (Fsp3) is 0.480. The van der Waals surface area contributed by atoms with Crippen LogP contribution in [0, 0.1) is 0 Å². The molecule has 1 heterocycles. The number of nitrogens with one attached hydrogen (secondary N) is 2. The van der Waals surface area contributed by atoms with Gasteiger partial charge in [-0.2, -0.15) is 0 Å². The Labute approximate surface area is 205 Å². The van der Waals surface area contributed by atoms with Crippen LogP contribution in [0.2, 0.25) is 10.0 Å². The highest BCUT2D eigenvalue weighted by Crippen LogP contribution is 2.49. The molecule has 2 aromatic rings. The summed E-state index contributed by atoms with van der Waals surface area (Å²) in [6, 6.07) is 11.9. The van der Waals surface area contributed by atoms with E-state index in [9.17, 15) is 4.79 Å². The van der Waals surface area contributed by atoms with Crippen LogP contribution in [-0.4, -0.2) is 50.8 Å². The molecule has 0 radical (unpaired) electrons. The SMILES string of the molecule is COc1ccc([C@@]23CC[C@H](NC(=O)NCc4ccc(Cl)cc4Cl)C[C@H]2N(C)CC3)cc1OC. The number of methoxy groups -OCH3 is 2. The number of benzene rings is 2. The Hall–Kier alpha value is -2.15.